The van der Waals surface area contributed by atoms with Gasteiger partial charge in [-0.1, -0.05) is 12.1 Å². The smallest absolute Gasteiger partial charge is 0.257 e. The Labute approximate surface area is 159 Å². The molecule has 0 radical (unpaired) electrons. The number of ether oxygens (including phenoxy) is 1. The summed E-state index contributed by atoms with van der Waals surface area (Å²) in [6.07, 6.45) is 0. The lowest BCUT2D eigenvalue weighted by Gasteiger charge is -2.35. The number of methoxy groups -OCH3 is 1. The molecule has 1 N–H and O–H groups in total. The standard InChI is InChI=1S/C21H25FN2O3/c1-14-4-6-17(20(25)15(14)2)21(26)24-10-8-23(9-11-24)13-16-5-7-19(27-3)18(22)12-16/h4-7,12,25H,8-11,13H2,1-3H3. The SMILES string of the molecule is COc1ccc(CN2CCN(C(=O)c3ccc(C)c(C)c3O)CC2)cc1F. The Hall–Kier alpha value is -2.60. The minimum absolute atomic E-state index is 0.0659. The van der Waals surface area contributed by atoms with Gasteiger partial charge in [0.25, 0.3) is 5.91 Å². The van der Waals surface area contributed by atoms with Crippen molar-refractivity contribution in [2.75, 3.05) is 33.3 Å². The van der Waals surface area contributed by atoms with E-state index in [0.717, 1.165) is 16.7 Å². The first-order chi connectivity index (χ1) is 12.9. The Morgan fingerprint density at radius 2 is 1.85 bits per heavy atom. The molecule has 1 amide bonds. The third-order valence-corrected chi connectivity index (χ3v) is 5.21. The highest BCUT2D eigenvalue weighted by atomic mass is 19.1. The molecule has 6 heteroatoms. The molecule has 144 valence electrons. The van der Waals surface area contributed by atoms with E-state index < -0.39 is 0 Å². The number of carbonyl (C=O) groups excluding carboxylic acids is 1. The number of halogens is 1. The summed E-state index contributed by atoms with van der Waals surface area (Å²) in [6, 6.07) is 8.52. The number of carbonyl (C=O) groups is 1. The molecule has 2 aromatic carbocycles. The third kappa shape index (κ3) is 4.06. The lowest BCUT2D eigenvalue weighted by atomic mass is 10.0. The van der Waals surface area contributed by atoms with Gasteiger partial charge < -0.3 is 14.7 Å². The van der Waals surface area contributed by atoms with Crippen molar-refractivity contribution in [2.45, 2.75) is 20.4 Å². The molecule has 0 spiro atoms. The molecular weight excluding hydrogens is 347 g/mol. The Kier molecular flexibility index (Phi) is 5.65. The highest BCUT2D eigenvalue weighted by molar-refractivity contribution is 5.97. The van der Waals surface area contributed by atoms with Gasteiger partial charge >= 0.3 is 0 Å². The van der Waals surface area contributed by atoms with E-state index in [9.17, 15) is 14.3 Å². The fourth-order valence-corrected chi connectivity index (χ4v) is 3.32. The number of nitrogens with zero attached hydrogens (tertiary/aromatic N) is 2. The summed E-state index contributed by atoms with van der Waals surface area (Å²) in [5.41, 5.74) is 2.92. The highest BCUT2D eigenvalue weighted by Crippen LogP contribution is 2.26. The lowest BCUT2D eigenvalue weighted by Crippen LogP contribution is -2.48. The Morgan fingerprint density at radius 1 is 1.15 bits per heavy atom. The van der Waals surface area contributed by atoms with Gasteiger partial charge in [-0.05, 0) is 48.7 Å². The molecule has 2 aromatic rings. The van der Waals surface area contributed by atoms with E-state index in [1.54, 1.807) is 17.0 Å². The summed E-state index contributed by atoms with van der Waals surface area (Å²) in [7, 11) is 1.45. The van der Waals surface area contributed by atoms with Gasteiger partial charge in [-0.2, -0.15) is 0 Å². The molecule has 0 aromatic heterocycles. The van der Waals surface area contributed by atoms with Crippen molar-refractivity contribution in [3.8, 4) is 11.5 Å². The van der Waals surface area contributed by atoms with Crippen molar-refractivity contribution in [1.29, 1.82) is 0 Å². The number of aromatic hydroxyl groups is 1. The molecule has 0 saturated carbocycles. The molecule has 5 nitrogen and oxygen atoms in total. The topological polar surface area (TPSA) is 53.0 Å². The van der Waals surface area contributed by atoms with E-state index in [4.69, 9.17) is 4.74 Å². The highest BCUT2D eigenvalue weighted by Gasteiger charge is 2.25. The van der Waals surface area contributed by atoms with Crippen molar-refractivity contribution in [1.82, 2.24) is 9.80 Å². The lowest BCUT2D eigenvalue weighted by molar-refractivity contribution is 0.0625. The van der Waals surface area contributed by atoms with E-state index in [2.05, 4.69) is 4.90 Å². The molecule has 3 rings (SSSR count). The number of amides is 1. The summed E-state index contributed by atoms with van der Waals surface area (Å²) in [5, 5.41) is 10.3. The molecular formula is C21H25FN2O3. The third-order valence-electron chi connectivity index (χ3n) is 5.21. The van der Waals surface area contributed by atoms with Crippen LogP contribution in [0.15, 0.2) is 30.3 Å². The van der Waals surface area contributed by atoms with Gasteiger partial charge in [0.05, 0.1) is 12.7 Å². The van der Waals surface area contributed by atoms with Crippen molar-refractivity contribution in [3.05, 3.63) is 58.4 Å². The maximum Gasteiger partial charge on any atom is 0.257 e. The average molecular weight is 372 g/mol. The summed E-state index contributed by atoms with van der Waals surface area (Å²) in [4.78, 5) is 16.7. The Bertz CT molecular complexity index is 846. The van der Waals surface area contributed by atoms with Gasteiger partial charge in [0.1, 0.15) is 5.75 Å². The maximum atomic E-state index is 13.8. The van der Waals surface area contributed by atoms with E-state index in [0.29, 0.717) is 38.3 Å². The van der Waals surface area contributed by atoms with Gasteiger partial charge in [0, 0.05) is 32.7 Å². The first-order valence-corrected chi connectivity index (χ1v) is 9.04. The molecule has 1 aliphatic heterocycles. The van der Waals surface area contributed by atoms with Crippen LogP contribution in [-0.4, -0.2) is 54.1 Å². The van der Waals surface area contributed by atoms with E-state index >= 15 is 0 Å². The van der Waals surface area contributed by atoms with Crippen LogP contribution in [0.2, 0.25) is 0 Å². The molecule has 1 fully saturated rings. The Balaban J connectivity index is 1.61. The number of phenols is 1. The summed E-state index contributed by atoms with van der Waals surface area (Å²) >= 11 is 0. The number of hydrogen-bond acceptors (Lipinski definition) is 4. The first kappa shape index (κ1) is 19.2. The first-order valence-electron chi connectivity index (χ1n) is 9.04. The quantitative estimate of drug-likeness (QED) is 0.896. The molecule has 0 atom stereocenters. The summed E-state index contributed by atoms with van der Waals surface area (Å²) < 4.78 is 18.8. The molecule has 1 aliphatic rings. The monoisotopic (exact) mass is 372 g/mol. The molecule has 0 aliphatic carbocycles. The Morgan fingerprint density at radius 3 is 2.48 bits per heavy atom. The van der Waals surface area contributed by atoms with Gasteiger partial charge in [-0.3, -0.25) is 9.69 Å². The largest absolute Gasteiger partial charge is 0.507 e. The van der Waals surface area contributed by atoms with Crippen LogP contribution in [0.3, 0.4) is 0 Å². The van der Waals surface area contributed by atoms with Crippen molar-refractivity contribution in [2.24, 2.45) is 0 Å². The van der Waals surface area contributed by atoms with Gasteiger partial charge in [0.15, 0.2) is 11.6 Å². The number of hydrogen-bond donors (Lipinski definition) is 1. The zero-order chi connectivity index (χ0) is 19.6. The van der Waals surface area contributed by atoms with E-state index in [1.807, 2.05) is 26.0 Å². The second-order valence-corrected chi connectivity index (χ2v) is 6.94. The average Bonchev–Trinajstić information content (AvgIpc) is 2.66. The maximum absolute atomic E-state index is 13.8. The zero-order valence-corrected chi connectivity index (χ0v) is 16.0. The number of aryl methyl sites for hydroxylation is 1. The molecule has 1 heterocycles. The predicted octanol–water partition coefficient (Wildman–Crippen LogP) is 3.11. The van der Waals surface area contributed by atoms with Crippen molar-refractivity contribution >= 4 is 5.91 Å². The summed E-state index contributed by atoms with van der Waals surface area (Å²) in [5.74, 6) is -0.210. The second kappa shape index (κ2) is 7.96. The zero-order valence-electron chi connectivity index (χ0n) is 16.0. The molecule has 27 heavy (non-hydrogen) atoms. The van der Waals surface area contributed by atoms with Gasteiger partial charge in [-0.25, -0.2) is 4.39 Å². The van der Waals surface area contributed by atoms with E-state index in [-0.39, 0.29) is 23.2 Å². The number of benzene rings is 2. The van der Waals surface area contributed by atoms with Crippen LogP contribution in [0.5, 0.6) is 11.5 Å². The van der Waals surface area contributed by atoms with Crippen LogP contribution >= 0.6 is 0 Å². The molecule has 0 bridgehead atoms. The van der Waals surface area contributed by atoms with Gasteiger partial charge in [-0.15, -0.1) is 0 Å². The van der Waals surface area contributed by atoms with E-state index in [1.165, 1.54) is 13.2 Å². The number of rotatable bonds is 4. The number of piperazine rings is 1. The van der Waals surface area contributed by atoms with Crippen LogP contribution in [0, 0.1) is 19.7 Å². The predicted molar refractivity (Wildman–Crippen MR) is 102 cm³/mol. The number of phenolic OH excluding ortho intramolecular Hbond substituents is 1. The minimum Gasteiger partial charge on any atom is -0.507 e. The normalized spacial score (nSPS) is 15.0. The summed E-state index contributed by atoms with van der Waals surface area (Å²) in [6.45, 7) is 6.89. The fourth-order valence-electron chi connectivity index (χ4n) is 3.32. The van der Waals surface area contributed by atoms with Crippen molar-refractivity contribution in [3.63, 3.8) is 0 Å². The molecule has 1 saturated heterocycles. The van der Waals surface area contributed by atoms with Crippen LogP contribution < -0.4 is 4.74 Å². The van der Waals surface area contributed by atoms with Gasteiger partial charge in [0.2, 0.25) is 0 Å². The van der Waals surface area contributed by atoms with Crippen LogP contribution in [-0.2, 0) is 6.54 Å². The second-order valence-electron chi connectivity index (χ2n) is 6.94. The minimum atomic E-state index is -0.367. The van der Waals surface area contributed by atoms with Crippen LogP contribution in [0.25, 0.3) is 0 Å². The van der Waals surface area contributed by atoms with Crippen LogP contribution in [0.4, 0.5) is 4.39 Å². The fraction of sp³-hybridized carbons (Fsp3) is 0.381. The molecule has 0 unspecified atom stereocenters. The van der Waals surface area contributed by atoms with Crippen molar-refractivity contribution < 1.29 is 19.0 Å². The van der Waals surface area contributed by atoms with Crippen LogP contribution in [0.1, 0.15) is 27.0 Å².